The van der Waals surface area contributed by atoms with Crippen molar-refractivity contribution >= 4 is 40.7 Å². The van der Waals surface area contributed by atoms with Gasteiger partial charge in [0.05, 0.1) is 12.2 Å². The van der Waals surface area contributed by atoms with E-state index in [4.69, 9.17) is 4.99 Å². The highest BCUT2D eigenvalue weighted by molar-refractivity contribution is 14.0. The number of hydrogen-bond donors (Lipinski definition) is 2. The number of hydrogen-bond acceptors (Lipinski definition) is 2. The highest BCUT2D eigenvalue weighted by atomic mass is 127. The fourth-order valence-electron chi connectivity index (χ4n) is 3.59. The normalized spacial score (nSPS) is 14.9. The molecule has 1 saturated carbocycles. The summed E-state index contributed by atoms with van der Waals surface area (Å²) < 4.78 is 13.6. The third kappa shape index (κ3) is 5.04. The van der Waals surface area contributed by atoms with Gasteiger partial charge in [-0.2, -0.15) is 0 Å². The lowest BCUT2D eigenvalue weighted by atomic mass is 9.96. The van der Waals surface area contributed by atoms with E-state index in [1.54, 1.807) is 12.1 Å². The molecule has 152 valence electrons. The molecular weight excluding hydrogens is 478 g/mol. The van der Waals surface area contributed by atoms with Crippen LogP contribution in [0.15, 0.2) is 65.8 Å². The molecule has 1 aliphatic rings. The van der Waals surface area contributed by atoms with Crippen molar-refractivity contribution < 1.29 is 4.39 Å². The van der Waals surface area contributed by atoms with Crippen molar-refractivity contribution in [2.75, 3.05) is 13.1 Å². The first-order valence-corrected chi connectivity index (χ1v) is 9.81. The minimum atomic E-state index is -0.175. The Balaban J connectivity index is 0.00000240. The van der Waals surface area contributed by atoms with Crippen LogP contribution in [-0.2, 0) is 12.0 Å². The maximum Gasteiger partial charge on any atom is 0.191 e. The van der Waals surface area contributed by atoms with Crippen LogP contribution in [0.4, 0.5) is 4.39 Å². The summed E-state index contributed by atoms with van der Waals surface area (Å²) in [4.78, 5) is 9.25. The largest absolute Gasteiger partial charge is 0.357 e. The molecular formula is C23H26FIN4. The summed E-state index contributed by atoms with van der Waals surface area (Å²) in [6.45, 7) is 4.07. The number of guanidine groups is 1. The first kappa shape index (κ1) is 21.5. The third-order valence-corrected chi connectivity index (χ3v) is 5.37. The van der Waals surface area contributed by atoms with Gasteiger partial charge in [-0.3, -0.25) is 4.98 Å². The van der Waals surface area contributed by atoms with E-state index in [9.17, 15) is 4.39 Å². The van der Waals surface area contributed by atoms with Crippen LogP contribution in [0, 0.1) is 5.82 Å². The fraction of sp³-hybridized carbons (Fsp3) is 0.304. The number of nitrogens with zero attached hydrogens (tertiary/aromatic N) is 2. The van der Waals surface area contributed by atoms with Gasteiger partial charge >= 0.3 is 0 Å². The second-order valence-electron chi connectivity index (χ2n) is 7.32. The molecule has 0 spiro atoms. The van der Waals surface area contributed by atoms with E-state index in [0.29, 0.717) is 6.54 Å². The van der Waals surface area contributed by atoms with Gasteiger partial charge in [0.2, 0.25) is 0 Å². The van der Waals surface area contributed by atoms with E-state index in [1.807, 2.05) is 37.4 Å². The van der Waals surface area contributed by atoms with Gasteiger partial charge in [-0.15, -0.1) is 24.0 Å². The second kappa shape index (κ2) is 9.52. The minimum absolute atomic E-state index is 0. The molecule has 1 fully saturated rings. The summed E-state index contributed by atoms with van der Waals surface area (Å²) >= 11 is 0. The van der Waals surface area contributed by atoms with Crippen molar-refractivity contribution in [3.8, 4) is 0 Å². The highest BCUT2D eigenvalue weighted by Crippen LogP contribution is 2.47. The number of benzene rings is 2. The molecule has 0 bridgehead atoms. The van der Waals surface area contributed by atoms with Crippen LogP contribution < -0.4 is 10.6 Å². The molecule has 0 aliphatic heterocycles. The Labute approximate surface area is 188 Å². The summed E-state index contributed by atoms with van der Waals surface area (Å²) in [6.07, 6.45) is 3.96. The first-order valence-electron chi connectivity index (χ1n) is 9.81. The fourth-order valence-corrected chi connectivity index (χ4v) is 3.59. The topological polar surface area (TPSA) is 49.3 Å². The lowest BCUT2D eigenvalue weighted by molar-refractivity contribution is 0.607. The number of rotatable bonds is 6. The number of aromatic nitrogens is 1. The van der Waals surface area contributed by atoms with Gasteiger partial charge in [0.25, 0.3) is 0 Å². The lowest BCUT2D eigenvalue weighted by Crippen LogP contribution is -2.41. The smallest absolute Gasteiger partial charge is 0.191 e. The zero-order valence-corrected chi connectivity index (χ0v) is 18.8. The number of halogens is 2. The number of nitrogens with one attached hydrogen (secondary N) is 2. The molecule has 6 heteroatoms. The van der Waals surface area contributed by atoms with Gasteiger partial charge in [0.15, 0.2) is 5.96 Å². The zero-order valence-electron chi connectivity index (χ0n) is 16.5. The van der Waals surface area contributed by atoms with Crippen LogP contribution in [0.3, 0.4) is 0 Å². The molecule has 1 heterocycles. The van der Waals surface area contributed by atoms with Gasteiger partial charge in [-0.1, -0.05) is 36.4 Å². The number of aliphatic imine (C=N–C) groups is 1. The van der Waals surface area contributed by atoms with Crippen molar-refractivity contribution in [3.05, 3.63) is 77.9 Å². The maximum atomic E-state index is 13.6. The summed E-state index contributed by atoms with van der Waals surface area (Å²) in [5, 5.41) is 9.05. The number of pyridine rings is 1. The van der Waals surface area contributed by atoms with Crippen molar-refractivity contribution in [3.63, 3.8) is 0 Å². The molecule has 29 heavy (non-hydrogen) atoms. The molecule has 2 N–H and O–H groups in total. The van der Waals surface area contributed by atoms with E-state index in [1.165, 1.54) is 11.5 Å². The Morgan fingerprint density at radius 1 is 1.10 bits per heavy atom. The molecule has 0 atom stereocenters. The molecule has 2 aromatic carbocycles. The molecule has 0 radical (unpaired) electrons. The van der Waals surface area contributed by atoms with Crippen LogP contribution in [0.1, 0.15) is 31.0 Å². The maximum absolute atomic E-state index is 13.6. The van der Waals surface area contributed by atoms with E-state index < -0.39 is 0 Å². The Morgan fingerprint density at radius 2 is 1.93 bits per heavy atom. The van der Waals surface area contributed by atoms with Crippen LogP contribution in [0.25, 0.3) is 10.8 Å². The molecule has 0 unspecified atom stereocenters. The Hall–Kier alpha value is -2.22. The van der Waals surface area contributed by atoms with Crippen molar-refractivity contribution in [2.24, 2.45) is 4.99 Å². The third-order valence-electron chi connectivity index (χ3n) is 5.37. The van der Waals surface area contributed by atoms with Gasteiger partial charge in [0.1, 0.15) is 5.82 Å². The quantitative estimate of drug-likeness (QED) is 0.289. The molecule has 1 aromatic heterocycles. The van der Waals surface area contributed by atoms with Gasteiger partial charge in [-0.05, 0) is 48.9 Å². The summed E-state index contributed by atoms with van der Waals surface area (Å²) in [5.41, 5.74) is 2.03. The molecule has 3 aromatic rings. The second-order valence-corrected chi connectivity index (χ2v) is 7.32. The van der Waals surface area contributed by atoms with Crippen LogP contribution >= 0.6 is 24.0 Å². The monoisotopic (exact) mass is 504 g/mol. The van der Waals surface area contributed by atoms with Gasteiger partial charge in [0, 0.05) is 30.1 Å². The summed E-state index contributed by atoms with van der Waals surface area (Å²) in [5.74, 6) is 0.589. The average Bonchev–Trinajstić information content (AvgIpc) is 3.51. The average molecular weight is 504 g/mol. The predicted molar refractivity (Wildman–Crippen MR) is 127 cm³/mol. The number of fused-ring (bicyclic) bond motifs is 1. The summed E-state index contributed by atoms with van der Waals surface area (Å²) in [7, 11) is 0. The molecule has 4 rings (SSSR count). The molecule has 0 saturated heterocycles. The lowest BCUT2D eigenvalue weighted by Gasteiger charge is -2.19. The van der Waals surface area contributed by atoms with E-state index >= 15 is 0 Å². The molecule has 4 nitrogen and oxygen atoms in total. The van der Waals surface area contributed by atoms with Crippen LogP contribution in [-0.4, -0.2) is 24.0 Å². The van der Waals surface area contributed by atoms with E-state index in [2.05, 4.69) is 27.8 Å². The van der Waals surface area contributed by atoms with Gasteiger partial charge < -0.3 is 10.6 Å². The van der Waals surface area contributed by atoms with Crippen LogP contribution in [0.2, 0.25) is 0 Å². The zero-order chi connectivity index (χ0) is 19.4. The molecule has 1 aliphatic carbocycles. The summed E-state index contributed by atoms with van der Waals surface area (Å²) in [6, 6.07) is 17.2. The Morgan fingerprint density at radius 3 is 2.69 bits per heavy atom. The standard InChI is InChI=1S/C23H25FN4.HI/c1-2-25-22(27-15-21-20-9-4-3-6-17(20)10-13-26-21)28-16-23(11-12-23)18-7-5-8-19(24)14-18;/h3-10,13-14H,2,11-12,15-16H2,1H3,(H2,25,27,28);1H. The van der Waals surface area contributed by atoms with E-state index in [-0.39, 0.29) is 35.2 Å². The van der Waals surface area contributed by atoms with Gasteiger partial charge in [-0.25, -0.2) is 9.38 Å². The van der Waals surface area contributed by atoms with Crippen molar-refractivity contribution in [1.29, 1.82) is 0 Å². The highest BCUT2D eigenvalue weighted by Gasteiger charge is 2.44. The van der Waals surface area contributed by atoms with Crippen molar-refractivity contribution in [1.82, 2.24) is 15.6 Å². The first-order chi connectivity index (χ1) is 13.7. The van der Waals surface area contributed by atoms with E-state index in [0.717, 1.165) is 48.5 Å². The Kier molecular flexibility index (Phi) is 7.05. The molecule has 0 amide bonds. The van der Waals surface area contributed by atoms with Crippen molar-refractivity contribution in [2.45, 2.75) is 31.7 Å². The van der Waals surface area contributed by atoms with Crippen LogP contribution in [0.5, 0.6) is 0 Å². The SMILES string of the molecule is CCNC(=NCc1nccc2ccccc12)NCC1(c2cccc(F)c2)CC1.I. The predicted octanol–water partition coefficient (Wildman–Crippen LogP) is 4.78. The Bertz CT molecular complexity index is 996. The minimum Gasteiger partial charge on any atom is -0.357 e.